The fourth-order valence-corrected chi connectivity index (χ4v) is 4.91. The summed E-state index contributed by atoms with van der Waals surface area (Å²) in [5.74, 6) is 1.92. The van der Waals surface area contributed by atoms with E-state index in [4.69, 9.17) is 0 Å². The van der Waals surface area contributed by atoms with E-state index in [1.54, 1.807) is 0 Å². The first-order valence-corrected chi connectivity index (χ1v) is 8.68. The molecule has 110 valence electrons. The monoisotopic (exact) mass is 264 g/mol. The maximum absolute atomic E-state index is 3.76. The van der Waals surface area contributed by atoms with Crippen molar-refractivity contribution in [3.05, 3.63) is 0 Å². The van der Waals surface area contributed by atoms with Crippen LogP contribution >= 0.6 is 0 Å². The van der Waals surface area contributed by atoms with Gasteiger partial charge in [-0.15, -0.1) is 0 Å². The SMILES string of the molecule is CC1CCCCC1N(C)CCC1CC2CCC(C1)N2. The van der Waals surface area contributed by atoms with Crippen LogP contribution in [0.1, 0.15) is 64.7 Å². The molecule has 4 unspecified atom stereocenters. The molecule has 1 saturated carbocycles. The lowest BCUT2D eigenvalue weighted by Crippen LogP contribution is -2.42. The minimum absolute atomic E-state index is 0.864. The summed E-state index contributed by atoms with van der Waals surface area (Å²) in [6.45, 7) is 3.80. The molecule has 4 atom stereocenters. The quantitative estimate of drug-likeness (QED) is 0.837. The van der Waals surface area contributed by atoms with Crippen molar-refractivity contribution >= 4 is 0 Å². The molecule has 2 nitrogen and oxygen atoms in total. The molecule has 19 heavy (non-hydrogen) atoms. The summed E-state index contributed by atoms with van der Waals surface area (Å²) in [7, 11) is 2.38. The van der Waals surface area contributed by atoms with E-state index in [0.29, 0.717) is 0 Å². The van der Waals surface area contributed by atoms with Gasteiger partial charge >= 0.3 is 0 Å². The fraction of sp³-hybridized carbons (Fsp3) is 1.00. The first-order valence-electron chi connectivity index (χ1n) is 8.68. The van der Waals surface area contributed by atoms with Crippen molar-refractivity contribution in [3.63, 3.8) is 0 Å². The smallest absolute Gasteiger partial charge is 0.0118 e. The Morgan fingerprint density at radius 2 is 1.68 bits per heavy atom. The van der Waals surface area contributed by atoms with E-state index in [9.17, 15) is 0 Å². The molecule has 2 heteroatoms. The Bertz CT molecular complexity index is 279. The van der Waals surface area contributed by atoms with Crippen LogP contribution in [0.15, 0.2) is 0 Å². The van der Waals surface area contributed by atoms with E-state index in [2.05, 4.69) is 24.2 Å². The van der Waals surface area contributed by atoms with Crippen molar-refractivity contribution in [2.75, 3.05) is 13.6 Å². The molecule has 2 bridgehead atoms. The average molecular weight is 264 g/mol. The molecule has 0 spiro atoms. The number of hydrogen-bond donors (Lipinski definition) is 1. The van der Waals surface area contributed by atoms with Crippen LogP contribution in [0, 0.1) is 11.8 Å². The summed E-state index contributed by atoms with van der Waals surface area (Å²) in [6.07, 6.45) is 13.0. The Hall–Kier alpha value is -0.0800. The van der Waals surface area contributed by atoms with Gasteiger partial charge in [0.2, 0.25) is 0 Å². The molecule has 3 fully saturated rings. The summed E-state index contributed by atoms with van der Waals surface area (Å²) in [5.41, 5.74) is 0. The number of hydrogen-bond acceptors (Lipinski definition) is 2. The highest BCUT2D eigenvalue weighted by Crippen LogP contribution is 2.33. The van der Waals surface area contributed by atoms with Crippen LogP contribution < -0.4 is 5.32 Å². The van der Waals surface area contributed by atoms with Gasteiger partial charge in [0.15, 0.2) is 0 Å². The molecule has 2 saturated heterocycles. The normalized spacial score (nSPS) is 42.8. The first kappa shape index (κ1) is 13.9. The topological polar surface area (TPSA) is 15.3 Å². The van der Waals surface area contributed by atoms with Gasteiger partial charge in [0.05, 0.1) is 0 Å². The Balaban J connectivity index is 1.43. The molecule has 1 N–H and O–H groups in total. The maximum atomic E-state index is 3.76. The van der Waals surface area contributed by atoms with Gasteiger partial charge < -0.3 is 10.2 Å². The average Bonchev–Trinajstić information content (AvgIpc) is 2.76. The van der Waals surface area contributed by atoms with E-state index >= 15 is 0 Å². The standard InChI is InChI=1S/C17H32N2/c1-13-5-3-4-6-17(13)19(2)10-9-14-11-15-7-8-16(12-14)18-15/h13-18H,3-12H2,1-2H3. The van der Waals surface area contributed by atoms with Gasteiger partial charge in [-0.1, -0.05) is 19.8 Å². The second-order valence-corrected chi connectivity index (χ2v) is 7.57. The summed E-state index contributed by atoms with van der Waals surface area (Å²) in [5, 5.41) is 3.76. The van der Waals surface area contributed by atoms with Gasteiger partial charge in [-0.25, -0.2) is 0 Å². The van der Waals surface area contributed by atoms with E-state index < -0.39 is 0 Å². The predicted molar refractivity (Wildman–Crippen MR) is 81.3 cm³/mol. The lowest BCUT2D eigenvalue weighted by atomic mass is 9.84. The molecule has 0 amide bonds. The molecular weight excluding hydrogens is 232 g/mol. The molecule has 3 aliphatic rings. The summed E-state index contributed by atoms with van der Waals surface area (Å²) in [6, 6.07) is 2.59. The minimum atomic E-state index is 0.864. The molecule has 3 rings (SSSR count). The number of rotatable bonds is 4. The van der Waals surface area contributed by atoms with Gasteiger partial charge in [-0.2, -0.15) is 0 Å². The first-order chi connectivity index (χ1) is 9.22. The lowest BCUT2D eigenvalue weighted by molar-refractivity contribution is 0.126. The van der Waals surface area contributed by atoms with Crippen LogP contribution in [0.4, 0.5) is 0 Å². The molecule has 2 heterocycles. The number of fused-ring (bicyclic) bond motifs is 2. The van der Waals surface area contributed by atoms with E-state index in [0.717, 1.165) is 30.0 Å². The zero-order valence-corrected chi connectivity index (χ0v) is 12.9. The fourth-order valence-electron chi connectivity index (χ4n) is 4.91. The van der Waals surface area contributed by atoms with E-state index in [1.165, 1.54) is 64.3 Å². The van der Waals surface area contributed by atoms with Crippen LogP contribution in [0.25, 0.3) is 0 Å². The third kappa shape index (κ3) is 3.33. The van der Waals surface area contributed by atoms with Crippen molar-refractivity contribution in [2.24, 2.45) is 11.8 Å². The zero-order valence-electron chi connectivity index (χ0n) is 12.9. The van der Waals surface area contributed by atoms with Crippen molar-refractivity contribution in [2.45, 2.75) is 82.8 Å². The molecule has 2 aliphatic heterocycles. The molecule has 1 aliphatic carbocycles. The Kier molecular flexibility index (Phi) is 4.48. The van der Waals surface area contributed by atoms with Crippen molar-refractivity contribution in [1.82, 2.24) is 10.2 Å². The maximum Gasteiger partial charge on any atom is 0.0118 e. The molecule has 0 aromatic carbocycles. The van der Waals surface area contributed by atoms with Crippen LogP contribution in [0.2, 0.25) is 0 Å². The molecule has 0 aromatic heterocycles. The highest BCUT2D eigenvalue weighted by molar-refractivity contribution is 4.92. The van der Waals surface area contributed by atoms with Gasteiger partial charge in [-0.3, -0.25) is 0 Å². The van der Waals surface area contributed by atoms with E-state index in [-0.39, 0.29) is 0 Å². The minimum Gasteiger partial charge on any atom is -0.311 e. The van der Waals surface area contributed by atoms with E-state index in [1.807, 2.05) is 0 Å². The summed E-state index contributed by atoms with van der Waals surface area (Å²) < 4.78 is 0. The summed E-state index contributed by atoms with van der Waals surface area (Å²) >= 11 is 0. The lowest BCUT2D eigenvalue weighted by Gasteiger charge is -2.37. The molecule has 0 aromatic rings. The van der Waals surface area contributed by atoms with Gasteiger partial charge in [-0.05, 0) is 70.4 Å². The van der Waals surface area contributed by atoms with Crippen LogP contribution in [-0.2, 0) is 0 Å². The molecular formula is C17H32N2. The highest BCUT2D eigenvalue weighted by Gasteiger charge is 2.33. The largest absolute Gasteiger partial charge is 0.311 e. The van der Waals surface area contributed by atoms with Crippen LogP contribution in [-0.4, -0.2) is 36.6 Å². The Labute approximate surface area is 119 Å². The van der Waals surface area contributed by atoms with Crippen molar-refractivity contribution < 1.29 is 0 Å². The van der Waals surface area contributed by atoms with Gasteiger partial charge in [0, 0.05) is 18.1 Å². The second kappa shape index (κ2) is 6.13. The van der Waals surface area contributed by atoms with Crippen molar-refractivity contribution in [1.29, 1.82) is 0 Å². The zero-order chi connectivity index (χ0) is 13.2. The molecule has 0 radical (unpaired) electrons. The third-order valence-corrected chi connectivity index (χ3v) is 6.09. The van der Waals surface area contributed by atoms with Crippen molar-refractivity contribution in [3.8, 4) is 0 Å². The second-order valence-electron chi connectivity index (χ2n) is 7.57. The highest BCUT2D eigenvalue weighted by atomic mass is 15.1. The predicted octanol–water partition coefficient (Wildman–Crippen LogP) is 3.42. The third-order valence-electron chi connectivity index (χ3n) is 6.09. The summed E-state index contributed by atoms with van der Waals surface area (Å²) in [4.78, 5) is 2.69. The van der Waals surface area contributed by atoms with Gasteiger partial charge in [0.25, 0.3) is 0 Å². The number of piperidine rings is 1. The number of nitrogens with one attached hydrogen (secondary N) is 1. The Morgan fingerprint density at radius 1 is 1.00 bits per heavy atom. The Morgan fingerprint density at radius 3 is 2.37 bits per heavy atom. The van der Waals surface area contributed by atoms with Crippen LogP contribution in [0.3, 0.4) is 0 Å². The van der Waals surface area contributed by atoms with Crippen LogP contribution in [0.5, 0.6) is 0 Å². The van der Waals surface area contributed by atoms with Gasteiger partial charge in [0.1, 0.15) is 0 Å². The number of nitrogens with zero attached hydrogens (tertiary/aromatic N) is 1.